The maximum Gasteiger partial charge on any atom is 0.321 e. The Labute approximate surface area is 136 Å². The van der Waals surface area contributed by atoms with Crippen LogP contribution in [0.2, 0.25) is 0 Å². The summed E-state index contributed by atoms with van der Waals surface area (Å²) < 4.78 is 17.1. The molecule has 0 aliphatic carbocycles. The van der Waals surface area contributed by atoms with E-state index in [0.29, 0.717) is 57.2 Å². The summed E-state index contributed by atoms with van der Waals surface area (Å²) in [7, 11) is 0. The molecule has 2 aliphatic rings. The van der Waals surface area contributed by atoms with Gasteiger partial charge in [0, 0.05) is 25.9 Å². The first-order valence-corrected chi connectivity index (χ1v) is 8.28. The molecule has 1 aromatic carbocycles. The fourth-order valence-electron chi connectivity index (χ4n) is 2.94. The van der Waals surface area contributed by atoms with Crippen molar-refractivity contribution in [1.29, 1.82) is 0 Å². The highest BCUT2D eigenvalue weighted by Gasteiger charge is 2.40. The molecule has 23 heavy (non-hydrogen) atoms. The number of hydrogen-bond donors (Lipinski definition) is 1. The van der Waals surface area contributed by atoms with Crippen molar-refractivity contribution < 1.29 is 19.0 Å². The van der Waals surface area contributed by atoms with Gasteiger partial charge in [0.1, 0.15) is 5.75 Å². The second kappa shape index (κ2) is 7.19. The highest BCUT2D eigenvalue weighted by Crippen LogP contribution is 2.32. The Balaban J connectivity index is 1.57. The van der Waals surface area contributed by atoms with Crippen LogP contribution in [0.15, 0.2) is 24.3 Å². The van der Waals surface area contributed by atoms with Crippen molar-refractivity contribution in [3.8, 4) is 5.75 Å². The number of benzene rings is 1. The molecule has 2 fully saturated rings. The molecule has 0 radical (unpaired) electrons. The minimum Gasteiger partial charge on any atom is -0.491 e. The third-order valence-electron chi connectivity index (χ3n) is 4.22. The lowest BCUT2D eigenvalue weighted by Crippen LogP contribution is -2.48. The summed E-state index contributed by atoms with van der Waals surface area (Å²) in [6, 6.07) is 7.42. The molecule has 2 amide bonds. The quantitative estimate of drug-likeness (QED) is 0.927. The number of hydrogen-bond acceptors (Lipinski definition) is 4. The Hall–Kier alpha value is -1.79. The van der Waals surface area contributed by atoms with Gasteiger partial charge in [0.25, 0.3) is 0 Å². The molecule has 0 saturated carbocycles. The summed E-state index contributed by atoms with van der Waals surface area (Å²) in [5.41, 5.74) is 0.708. The van der Waals surface area contributed by atoms with Gasteiger partial charge < -0.3 is 24.4 Å². The first-order valence-electron chi connectivity index (χ1n) is 8.28. The molecular formula is C17H24N2O4. The fraction of sp³-hybridized carbons (Fsp3) is 0.588. The molecule has 0 unspecified atom stereocenters. The molecule has 0 bridgehead atoms. The molecule has 0 aromatic heterocycles. The number of piperidine rings is 1. The highest BCUT2D eigenvalue weighted by atomic mass is 16.7. The number of carbonyl (C=O) groups is 1. The van der Waals surface area contributed by atoms with Gasteiger partial charge >= 0.3 is 6.03 Å². The van der Waals surface area contributed by atoms with E-state index >= 15 is 0 Å². The Morgan fingerprint density at radius 1 is 1.26 bits per heavy atom. The minimum atomic E-state index is -0.459. The average Bonchev–Trinajstić information content (AvgIpc) is 3.03. The zero-order valence-corrected chi connectivity index (χ0v) is 13.5. The van der Waals surface area contributed by atoms with Crippen molar-refractivity contribution in [2.75, 3.05) is 38.2 Å². The molecule has 0 atom stereocenters. The van der Waals surface area contributed by atoms with Gasteiger partial charge in [0.05, 0.1) is 25.5 Å². The van der Waals surface area contributed by atoms with Crippen LogP contribution >= 0.6 is 0 Å². The summed E-state index contributed by atoms with van der Waals surface area (Å²) >= 11 is 0. The van der Waals surface area contributed by atoms with Gasteiger partial charge in [-0.2, -0.15) is 0 Å². The van der Waals surface area contributed by atoms with Crippen molar-refractivity contribution >= 4 is 11.7 Å². The van der Waals surface area contributed by atoms with Gasteiger partial charge in [-0.1, -0.05) is 19.1 Å². The van der Waals surface area contributed by atoms with Crippen LogP contribution in [-0.4, -0.2) is 49.6 Å². The molecule has 126 valence electrons. The van der Waals surface area contributed by atoms with Crippen molar-refractivity contribution in [3.05, 3.63) is 24.3 Å². The van der Waals surface area contributed by atoms with Crippen LogP contribution in [0.1, 0.15) is 26.2 Å². The number of rotatable bonds is 4. The zero-order valence-electron chi connectivity index (χ0n) is 13.5. The Kier molecular flexibility index (Phi) is 5.03. The van der Waals surface area contributed by atoms with Gasteiger partial charge in [0.15, 0.2) is 5.79 Å². The summed E-state index contributed by atoms with van der Waals surface area (Å²) in [5, 5.41) is 2.95. The molecule has 2 aliphatic heterocycles. The molecule has 2 saturated heterocycles. The lowest BCUT2D eigenvalue weighted by atomic mass is 10.0. The van der Waals surface area contributed by atoms with Gasteiger partial charge in [-0.25, -0.2) is 4.79 Å². The predicted molar refractivity (Wildman–Crippen MR) is 86.7 cm³/mol. The number of anilines is 1. The topological polar surface area (TPSA) is 60.0 Å². The second-order valence-corrected chi connectivity index (χ2v) is 5.87. The number of ether oxygens (including phenoxy) is 3. The number of urea groups is 1. The molecule has 1 aromatic rings. The first-order chi connectivity index (χ1) is 11.2. The number of para-hydroxylation sites is 2. The Morgan fingerprint density at radius 3 is 2.65 bits per heavy atom. The van der Waals surface area contributed by atoms with Crippen LogP contribution in [0, 0.1) is 0 Å². The van der Waals surface area contributed by atoms with E-state index in [4.69, 9.17) is 14.2 Å². The Morgan fingerprint density at radius 2 is 1.96 bits per heavy atom. The van der Waals surface area contributed by atoms with E-state index in [9.17, 15) is 4.79 Å². The SMILES string of the molecule is CCCOc1ccccc1NC(=O)N1CCC2(CC1)OCCO2. The maximum atomic E-state index is 12.5. The van der Waals surface area contributed by atoms with Gasteiger partial charge in [0.2, 0.25) is 0 Å². The van der Waals surface area contributed by atoms with Crippen LogP contribution in [0.4, 0.5) is 10.5 Å². The van der Waals surface area contributed by atoms with Gasteiger partial charge in [-0.15, -0.1) is 0 Å². The van der Waals surface area contributed by atoms with E-state index in [2.05, 4.69) is 12.2 Å². The highest BCUT2D eigenvalue weighted by molar-refractivity contribution is 5.91. The predicted octanol–water partition coefficient (Wildman–Crippen LogP) is 2.85. The summed E-state index contributed by atoms with van der Waals surface area (Å²) in [5.74, 6) is 0.248. The third kappa shape index (κ3) is 3.76. The smallest absolute Gasteiger partial charge is 0.321 e. The number of nitrogens with one attached hydrogen (secondary N) is 1. The van der Waals surface area contributed by atoms with E-state index in [1.54, 1.807) is 4.90 Å². The number of likely N-dealkylation sites (tertiary alicyclic amines) is 1. The van der Waals surface area contributed by atoms with Crippen LogP contribution in [0.5, 0.6) is 5.75 Å². The summed E-state index contributed by atoms with van der Waals surface area (Å²) in [6.45, 7) is 5.24. The molecule has 6 heteroatoms. The number of amides is 2. The third-order valence-corrected chi connectivity index (χ3v) is 4.22. The largest absolute Gasteiger partial charge is 0.491 e. The van der Waals surface area contributed by atoms with E-state index in [0.717, 1.165) is 6.42 Å². The Bertz CT molecular complexity index is 533. The summed E-state index contributed by atoms with van der Waals surface area (Å²) in [6.07, 6.45) is 2.36. The van der Waals surface area contributed by atoms with Crippen LogP contribution in [0.25, 0.3) is 0 Å². The van der Waals surface area contributed by atoms with Crippen LogP contribution in [-0.2, 0) is 9.47 Å². The van der Waals surface area contributed by atoms with E-state index < -0.39 is 5.79 Å². The van der Waals surface area contributed by atoms with E-state index in [1.165, 1.54) is 0 Å². The second-order valence-electron chi connectivity index (χ2n) is 5.87. The van der Waals surface area contributed by atoms with Crippen LogP contribution < -0.4 is 10.1 Å². The van der Waals surface area contributed by atoms with E-state index in [-0.39, 0.29) is 6.03 Å². The average molecular weight is 320 g/mol. The molecule has 2 heterocycles. The molecule has 1 N–H and O–H groups in total. The summed E-state index contributed by atoms with van der Waals surface area (Å²) in [4.78, 5) is 14.3. The van der Waals surface area contributed by atoms with Gasteiger partial charge in [-0.3, -0.25) is 0 Å². The zero-order chi connectivity index (χ0) is 16.1. The maximum absolute atomic E-state index is 12.5. The lowest BCUT2D eigenvalue weighted by Gasteiger charge is -2.37. The monoisotopic (exact) mass is 320 g/mol. The first kappa shape index (κ1) is 16.1. The molecule has 6 nitrogen and oxygen atoms in total. The molecular weight excluding hydrogens is 296 g/mol. The van der Waals surface area contributed by atoms with Crippen molar-refractivity contribution in [1.82, 2.24) is 4.90 Å². The normalized spacial score (nSPS) is 19.8. The number of nitrogens with zero attached hydrogens (tertiary/aromatic N) is 1. The van der Waals surface area contributed by atoms with Crippen molar-refractivity contribution in [2.24, 2.45) is 0 Å². The fourth-order valence-corrected chi connectivity index (χ4v) is 2.94. The molecule has 3 rings (SSSR count). The molecule has 1 spiro atoms. The van der Waals surface area contributed by atoms with Crippen molar-refractivity contribution in [3.63, 3.8) is 0 Å². The van der Waals surface area contributed by atoms with Crippen molar-refractivity contribution in [2.45, 2.75) is 32.0 Å². The van der Waals surface area contributed by atoms with Gasteiger partial charge in [-0.05, 0) is 18.6 Å². The minimum absolute atomic E-state index is 0.106. The standard InChI is InChI=1S/C17H24N2O4/c1-2-11-21-15-6-4-3-5-14(15)18-16(20)19-9-7-17(8-10-19)22-12-13-23-17/h3-6H,2,7-13H2,1H3,(H,18,20). The van der Waals surface area contributed by atoms with E-state index in [1.807, 2.05) is 24.3 Å². The van der Waals surface area contributed by atoms with Crippen LogP contribution in [0.3, 0.4) is 0 Å². The number of carbonyl (C=O) groups excluding carboxylic acids is 1. The lowest BCUT2D eigenvalue weighted by molar-refractivity contribution is -0.181.